The Balaban J connectivity index is 1.80. The smallest absolute Gasteiger partial charge is 0.224 e. The molecule has 0 spiro atoms. The lowest BCUT2D eigenvalue weighted by molar-refractivity contribution is -0.115. The van der Waals surface area contributed by atoms with Crippen LogP contribution in [0.4, 0.5) is 5.69 Å². The van der Waals surface area contributed by atoms with E-state index in [1.165, 1.54) is 0 Å². The monoisotopic (exact) mass is 324 g/mol. The number of phenols is 1. The largest absolute Gasteiger partial charge is 0.508 e. The van der Waals surface area contributed by atoms with Crippen molar-refractivity contribution in [3.05, 3.63) is 53.9 Å². The Morgan fingerprint density at radius 3 is 2.39 bits per heavy atom. The van der Waals surface area contributed by atoms with Gasteiger partial charge < -0.3 is 10.4 Å². The van der Waals surface area contributed by atoms with Gasteiger partial charge in [-0.1, -0.05) is 19.1 Å². The first-order valence-electron chi connectivity index (χ1n) is 7.31. The van der Waals surface area contributed by atoms with E-state index in [2.05, 4.69) is 10.3 Å². The van der Waals surface area contributed by atoms with E-state index in [0.717, 1.165) is 27.5 Å². The number of amides is 1. The molecule has 3 rings (SSSR count). The number of anilines is 1. The Morgan fingerprint density at radius 1 is 1.09 bits per heavy atom. The minimum atomic E-state index is 0.000949. The van der Waals surface area contributed by atoms with Gasteiger partial charge in [-0.05, 0) is 36.4 Å². The maximum absolute atomic E-state index is 11.4. The van der Waals surface area contributed by atoms with E-state index >= 15 is 0 Å². The number of nitrogens with one attached hydrogen (secondary N) is 1. The number of carbonyl (C=O) groups excluding carboxylic acids is 1. The molecule has 0 atom stereocenters. The fourth-order valence-corrected chi connectivity index (χ4v) is 2.95. The van der Waals surface area contributed by atoms with Crippen molar-refractivity contribution in [1.82, 2.24) is 4.98 Å². The third-order valence-corrected chi connectivity index (χ3v) is 4.30. The maximum atomic E-state index is 11.4. The van der Waals surface area contributed by atoms with Crippen LogP contribution >= 0.6 is 11.3 Å². The molecule has 2 N–H and O–H groups in total. The minimum absolute atomic E-state index is 0.000949. The van der Waals surface area contributed by atoms with Gasteiger partial charge in [0.2, 0.25) is 5.91 Å². The van der Waals surface area contributed by atoms with Crippen molar-refractivity contribution < 1.29 is 9.90 Å². The van der Waals surface area contributed by atoms with Gasteiger partial charge in [-0.3, -0.25) is 4.79 Å². The summed E-state index contributed by atoms with van der Waals surface area (Å²) in [5.74, 6) is 0.247. The zero-order chi connectivity index (χ0) is 16.2. The van der Waals surface area contributed by atoms with E-state index in [4.69, 9.17) is 0 Å². The van der Waals surface area contributed by atoms with Crippen LogP contribution in [0.3, 0.4) is 0 Å². The van der Waals surface area contributed by atoms with E-state index in [0.29, 0.717) is 6.42 Å². The number of benzene rings is 2. The highest BCUT2D eigenvalue weighted by atomic mass is 32.1. The number of aromatic hydroxyl groups is 1. The number of carbonyl (C=O) groups is 1. The summed E-state index contributed by atoms with van der Waals surface area (Å²) < 4.78 is 0. The SMILES string of the molecule is CCC(=O)Nc1ccc(-c2csc(-c3ccc(O)cc3)n2)cc1. The topological polar surface area (TPSA) is 62.2 Å². The van der Waals surface area contributed by atoms with Gasteiger partial charge in [-0.25, -0.2) is 4.98 Å². The molecule has 0 aliphatic carbocycles. The molecule has 0 aliphatic heterocycles. The predicted molar refractivity (Wildman–Crippen MR) is 93.6 cm³/mol. The Labute approximate surface area is 138 Å². The first kappa shape index (κ1) is 15.2. The lowest BCUT2D eigenvalue weighted by Gasteiger charge is -2.04. The first-order chi connectivity index (χ1) is 11.2. The summed E-state index contributed by atoms with van der Waals surface area (Å²) in [6.07, 6.45) is 0.462. The van der Waals surface area contributed by atoms with Crippen molar-refractivity contribution in [3.63, 3.8) is 0 Å². The minimum Gasteiger partial charge on any atom is -0.508 e. The van der Waals surface area contributed by atoms with Gasteiger partial charge in [0.15, 0.2) is 0 Å². The molecular formula is C18H16N2O2S. The lowest BCUT2D eigenvalue weighted by atomic mass is 10.1. The summed E-state index contributed by atoms with van der Waals surface area (Å²) in [6.45, 7) is 1.82. The molecule has 4 nitrogen and oxygen atoms in total. The van der Waals surface area contributed by atoms with Gasteiger partial charge in [-0.15, -0.1) is 11.3 Å². The molecule has 5 heteroatoms. The van der Waals surface area contributed by atoms with Crippen LogP contribution in [0.15, 0.2) is 53.9 Å². The highest BCUT2D eigenvalue weighted by molar-refractivity contribution is 7.13. The number of phenolic OH excluding ortho intramolecular Hbond substituents is 1. The molecule has 3 aromatic rings. The van der Waals surface area contributed by atoms with E-state index in [1.807, 2.05) is 48.7 Å². The molecule has 0 fully saturated rings. The molecule has 1 aromatic heterocycles. The number of aromatic nitrogens is 1. The van der Waals surface area contributed by atoms with Gasteiger partial charge in [0.1, 0.15) is 10.8 Å². The Bertz CT molecular complexity index is 808. The summed E-state index contributed by atoms with van der Waals surface area (Å²) in [5.41, 5.74) is 3.66. The van der Waals surface area contributed by atoms with Crippen LogP contribution in [0.25, 0.3) is 21.8 Å². The number of nitrogens with zero attached hydrogens (tertiary/aromatic N) is 1. The summed E-state index contributed by atoms with van der Waals surface area (Å²) in [6, 6.07) is 14.7. The van der Waals surface area contributed by atoms with Crippen molar-refractivity contribution in [2.45, 2.75) is 13.3 Å². The number of rotatable bonds is 4. The van der Waals surface area contributed by atoms with Crippen LogP contribution in [-0.4, -0.2) is 16.0 Å². The van der Waals surface area contributed by atoms with Gasteiger partial charge in [0.05, 0.1) is 5.69 Å². The molecule has 1 heterocycles. The van der Waals surface area contributed by atoms with Crippen LogP contribution in [0.2, 0.25) is 0 Å². The van der Waals surface area contributed by atoms with E-state index in [1.54, 1.807) is 23.5 Å². The zero-order valence-corrected chi connectivity index (χ0v) is 13.4. The third-order valence-electron chi connectivity index (χ3n) is 3.40. The molecule has 0 aliphatic rings. The van der Waals surface area contributed by atoms with Crippen molar-refractivity contribution in [3.8, 4) is 27.6 Å². The Hall–Kier alpha value is -2.66. The van der Waals surface area contributed by atoms with Crippen LogP contribution in [0, 0.1) is 0 Å². The quantitative estimate of drug-likeness (QED) is 0.741. The van der Waals surface area contributed by atoms with Gasteiger partial charge >= 0.3 is 0 Å². The van der Waals surface area contributed by atoms with Gasteiger partial charge in [0, 0.05) is 28.6 Å². The van der Waals surface area contributed by atoms with Crippen molar-refractivity contribution in [1.29, 1.82) is 0 Å². The van der Waals surface area contributed by atoms with Crippen molar-refractivity contribution in [2.24, 2.45) is 0 Å². The molecule has 0 unspecified atom stereocenters. The normalized spacial score (nSPS) is 10.5. The molecular weight excluding hydrogens is 308 g/mol. The van der Waals surface area contributed by atoms with Crippen LogP contribution < -0.4 is 5.32 Å². The highest BCUT2D eigenvalue weighted by Crippen LogP contribution is 2.30. The maximum Gasteiger partial charge on any atom is 0.224 e. The van der Waals surface area contributed by atoms with E-state index in [9.17, 15) is 9.90 Å². The second-order valence-corrected chi connectivity index (χ2v) is 5.92. The summed E-state index contributed by atoms with van der Waals surface area (Å²) in [7, 11) is 0. The fraction of sp³-hybridized carbons (Fsp3) is 0.111. The standard InChI is InChI=1S/C18H16N2O2S/c1-2-17(22)19-14-7-3-12(4-8-14)16-11-23-18(20-16)13-5-9-15(21)10-6-13/h3-11,21H,2H2,1H3,(H,19,22). The lowest BCUT2D eigenvalue weighted by Crippen LogP contribution is -2.08. The number of thiazole rings is 1. The molecule has 2 aromatic carbocycles. The number of hydrogen-bond donors (Lipinski definition) is 2. The van der Waals surface area contributed by atoms with Crippen molar-refractivity contribution >= 4 is 22.9 Å². The molecule has 0 saturated heterocycles. The van der Waals surface area contributed by atoms with Crippen LogP contribution in [-0.2, 0) is 4.79 Å². The van der Waals surface area contributed by atoms with Gasteiger partial charge in [-0.2, -0.15) is 0 Å². The molecule has 0 bridgehead atoms. The summed E-state index contributed by atoms with van der Waals surface area (Å²) in [4.78, 5) is 16.0. The van der Waals surface area contributed by atoms with Crippen LogP contribution in [0.1, 0.15) is 13.3 Å². The molecule has 0 radical (unpaired) electrons. The first-order valence-corrected chi connectivity index (χ1v) is 8.19. The van der Waals surface area contributed by atoms with Crippen molar-refractivity contribution in [2.75, 3.05) is 5.32 Å². The second-order valence-electron chi connectivity index (χ2n) is 5.06. The van der Waals surface area contributed by atoms with E-state index < -0.39 is 0 Å². The average Bonchev–Trinajstić information content (AvgIpc) is 3.06. The predicted octanol–water partition coefficient (Wildman–Crippen LogP) is 4.53. The molecule has 1 amide bonds. The zero-order valence-electron chi connectivity index (χ0n) is 12.6. The number of hydrogen-bond acceptors (Lipinski definition) is 4. The summed E-state index contributed by atoms with van der Waals surface area (Å²) >= 11 is 1.56. The van der Waals surface area contributed by atoms with Crippen LogP contribution in [0.5, 0.6) is 5.75 Å². The highest BCUT2D eigenvalue weighted by Gasteiger charge is 2.07. The molecule has 23 heavy (non-hydrogen) atoms. The summed E-state index contributed by atoms with van der Waals surface area (Å²) in [5, 5.41) is 15.1. The third kappa shape index (κ3) is 3.57. The molecule has 116 valence electrons. The Morgan fingerprint density at radius 2 is 1.74 bits per heavy atom. The van der Waals surface area contributed by atoms with Gasteiger partial charge in [0.25, 0.3) is 0 Å². The van der Waals surface area contributed by atoms with E-state index in [-0.39, 0.29) is 11.7 Å². The average molecular weight is 324 g/mol. The second kappa shape index (κ2) is 6.62. The fourth-order valence-electron chi connectivity index (χ4n) is 2.12. The Kier molecular flexibility index (Phi) is 4.39. The molecule has 0 saturated carbocycles.